The zero-order valence-electron chi connectivity index (χ0n) is 25.3. The summed E-state index contributed by atoms with van der Waals surface area (Å²) in [6, 6.07) is 11.5. The number of anilines is 5. The van der Waals surface area contributed by atoms with Crippen molar-refractivity contribution in [2.45, 2.75) is 25.7 Å². The summed E-state index contributed by atoms with van der Waals surface area (Å²) in [4.78, 5) is 26.2. The van der Waals surface area contributed by atoms with E-state index in [1.807, 2.05) is 43.4 Å². The van der Waals surface area contributed by atoms with Crippen LogP contribution in [0.3, 0.4) is 0 Å². The van der Waals surface area contributed by atoms with Gasteiger partial charge in [0, 0.05) is 55.3 Å². The van der Waals surface area contributed by atoms with Gasteiger partial charge in [-0.05, 0) is 81.9 Å². The average Bonchev–Trinajstić information content (AvgIpc) is 3.05. The maximum Gasteiger partial charge on any atom is 0.247 e. The first-order valence-corrected chi connectivity index (χ1v) is 14.9. The molecule has 2 fully saturated rings. The quantitative estimate of drug-likeness (QED) is 0.180. The first kappa shape index (κ1) is 30.0. The van der Waals surface area contributed by atoms with E-state index in [9.17, 15) is 4.79 Å². The number of ether oxygens (including phenoxy) is 1. The number of aromatic nitrogens is 2. The molecule has 2 aromatic carbocycles. The van der Waals surface area contributed by atoms with Gasteiger partial charge in [0.15, 0.2) is 0 Å². The molecule has 2 saturated heterocycles. The lowest BCUT2D eigenvalue weighted by Gasteiger charge is -2.40. The molecule has 3 aromatic rings. The summed E-state index contributed by atoms with van der Waals surface area (Å²) >= 11 is 0. The minimum Gasteiger partial charge on any atom is -0.494 e. The Morgan fingerprint density at radius 1 is 1.00 bits per heavy atom. The van der Waals surface area contributed by atoms with E-state index in [1.165, 1.54) is 44.5 Å². The molecule has 0 aliphatic carbocycles. The summed E-state index contributed by atoms with van der Waals surface area (Å²) in [5.41, 5.74) is 5.52. The van der Waals surface area contributed by atoms with Gasteiger partial charge in [-0.3, -0.25) is 4.79 Å². The maximum absolute atomic E-state index is 12.5. The maximum atomic E-state index is 12.5. The Morgan fingerprint density at radius 2 is 1.72 bits per heavy atom. The first-order valence-electron chi connectivity index (χ1n) is 14.9. The molecule has 43 heavy (non-hydrogen) atoms. The van der Waals surface area contributed by atoms with Crippen molar-refractivity contribution in [1.29, 1.82) is 5.41 Å². The third kappa shape index (κ3) is 6.97. The Morgan fingerprint density at radius 3 is 2.37 bits per heavy atom. The lowest BCUT2D eigenvalue weighted by atomic mass is 9.79. The number of carbonyl (C=O) groups is 1. The van der Waals surface area contributed by atoms with Crippen LogP contribution in [0.5, 0.6) is 5.75 Å². The molecule has 2 aliphatic heterocycles. The minimum atomic E-state index is -0.269. The van der Waals surface area contributed by atoms with Crippen LogP contribution in [-0.2, 0) is 4.79 Å². The Labute approximate surface area is 254 Å². The first-order chi connectivity index (χ1) is 20.9. The summed E-state index contributed by atoms with van der Waals surface area (Å²) in [5.74, 6) is 2.50. The summed E-state index contributed by atoms with van der Waals surface area (Å²) in [6.45, 7) is 7.89. The van der Waals surface area contributed by atoms with E-state index in [2.05, 4.69) is 49.3 Å². The van der Waals surface area contributed by atoms with Crippen molar-refractivity contribution in [2.75, 3.05) is 68.2 Å². The van der Waals surface area contributed by atoms with Crippen LogP contribution in [0.15, 0.2) is 55.4 Å². The van der Waals surface area contributed by atoms with Crippen molar-refractivity contribution in [1.82, 2.24) is 14.9 Å². The van der Waals surface area contributed by atoms with Gasteiger partial charge in [0.25, 0.3) is 0 Å². The molecule has 226 valence electrons. The number of nitrogens with zero attached hydrogens (tertiary/aromatic N) is 4. The van der Waals surface area contributed by atoms with Crippen molar-refractivity contribution in [3.63, 3.8) is 0 Å². The van der Waals surface area contributed by atoms with Crippen molar-refractivity contribution < 1.29 is 9.53 Å². The Kier molecular flexibility index (Phi) is 9.56. The number of hydrogen-bond donors (Lipinski definition) is 4. The number of methoxy groups -OCH3 is 1. The molecular formula is C33H42N8O2. The number of piperidine rings is 2. The second kappa shape index (κ2) is 13.7. The van der Waals surface area contributed by atoms with Gasteiger partial charge in [0.05, 0.1) is 29.9 Å². The smallest absolute Gasteiger partial charge is 0.247 e. The number of rotatable bonds is 10. The van der Waals surface area contributed by atoms with E-state index in [-0.39, 0.29) is 5.91 Å². The van der Waals surface area contributed by atoms with Crippen molar-refractivity contribution in [3.8, 4) is 17.0 Å². The SMILES string of the molecule is C=CC(=O)Nc1cc(Nc2cc(-c3ccc(NC)c(C=N)c3)ncn2)c(OC)cc1N1CCC(C2CCN(C)CC2)CC1. The summed E-state index contributed by atoms with van der Waals surface area (Å²) < 4.78 is 5.83. The van der Waals surface area contributed by atoms with Gasteiger partial charge in [-0.2, -0.15) is 0 Å². The van der Waals surface area contributed by atoms with Crippen LogP contribution >= 0.6 is 0 Å². The highest BCUT2D eigenvalue weighted by atomic mass is 16.5. The van der Waals surface area contributed by atoms with Crippen molar-refractivity contribution in [3.05, 3.63) is 60.9 Å². The van der Waals surface area contributed by atoms with Crippen LogP contribution in [0.2, 0.25) is 0 Å². The van der Waals surface area contributed by atoms with Crippen LogP contribution in [0.25, 0.3) is 11.3 Å². The Hall–Kier alpha value is -4.44. The number of amides is 1. The van der Waals surface area contributed by atoms with Gasteiger partial charge in [-0.15, -0.1) is 0 Å². The van der Waals surface area contributed by atoms with E-state index in [1.54, 1.807) is 7.11 Å². The van der Waals surface area contributed by atoms with Crippen LogP contribution in [0, 0.1) is 17.2 Å². The molecule has 2 aliphatic rings. The van der Waals surface area contributed by atoms with Gasteiger partial charge in [0.2, 0.25) is 5.91 Å². The molecule has 3 heterocycles. The summed E-state index contributed by atoms with van der Waals surface area (Å²) in [6.07, 6.45) is 8.96. The largest absolute Gasteiger partial charge is 0.494 e. The standard InChI is InChI=1S/C33H42N8O2/c1-5-33(42)39-28-17-29(38-32-18-27(36-21-37-32)24-6-7-26(35-2)25(16-24)20-34)31(43-4)19-30(28)41-14-10-23(11-15-41)22-8-12-40(3)13-9-22/h5-7,16-23,34-35H,1,8-15H2,2-4H3,(H,39,42)(H,36,37,38). The third-order valence-electron chi connectivity index (χ3n) is 8.77. The highest BCUT2D eigenvalue weighted by Gasteiger charge is 2.30. The van der Waals surface area contributed by atoms with E-state index in [0.717, 1.165) is 60.3 Å². The predicted octanol–water partition coefficient (Wildman–Crippen LogP) is 5.62. The van der Waals surface area contributed by atoms with Crippen molar-refractivity contribution >= 4 is 40.7 Å². The molecule has 0 saturated carbocycles. The summed E-state index contributed by atoms with van der Waals surface area (Å²) in [5, 5.41) is 17.2. The second-order valence-electron chi connectivity index (χ2n) is 11.3. The molecular weight excluding hydrogens is 540 g/mol. The highest BCUT2D eigenvalue weighted by Crippen LogP contribution is 2.41. The van der Waals surface area contributed by atoms with Crippen LogP contribution in [0.4, 0.5) is 28.6 Å². The zero-order chi connectivity index (χ0) is 30.3. The number of nitrogens with one attached hydrogen (secondary N) is 4. The zero-order valence-corrected chi connectivity index (χ0v) is 25.3. The van der Waals surface area contributed by atoms with E-state index < -0.39 is 0 Å². The lowest BCUT2D eigenvalue weighted by molar-refractivity contribution is -0.111. The molecule has 1 aromatic heterocycles. The lowest BCUT2D eigenvalue weighted by Crippen LogP contribution is -2.40. The fourth-order valence-electron chi connectivity index (χ4n) is 6.28. The molecule has 0 bridgehead atoms. The fraction of sp³-hybridized carbons (Fsp3) is 0.394. The van der Waals surface area contributed by atoms with E-state index in [4.69, 9.17) is 10.1 Å². The van der Waals surface area contributed by atoms with E-state index >= 15 is 0 Å². The van der Waals surface area contributed by atoms with Gasteiger partial charge >= 0.3 is 0 Å². The van der Waals surface area contributed by atoms with Crippen LogP contribution < -0.4 is 25.6 Å². The molecule has 0 unspecified atom stereocenters. The monoisotopic (exact) mass is 582 g/mol. The topological polar surface area (TPSA) is 118 Å². The van der Waals surface area contributed by atoms with Gasteiger partial charge in [-0.1, -0.05) is 12.6 Å². The molecule has 0 radical (unpaired) electrons. The fourth-order valence-corrected chi connectivity index (χ4v) is 6.28. The second-order valence-corrected chi connectivity index (χ2v) is 11.3. The molecule has 4 N–H and O–H groups in total. The molecule has 0 atom stereocenters. The Balaban J connectivity index is 1.39. The number of benzene rings is 2. The molecule has 10 nitrogen and oxygen atoms in total. The molecule has 5 rings (SSSR count). The molecule has 1 amide bonds. The number of carbonyl (C=O) groups excluding carboxylic acids is 1. The van der Waals surface area contributed by atoms with E-state index in [0.29, 0.717) is 28.6 Å². The third-order valence-corrected chi connectivity index (χ3v) is 8.77. The predicted molar refractivity (Wildman–Crippen MR) is 175 cm³/mol. The minimum absolute atomic E-state index is 0.269. The van der Waals surface area contributed by atoms with Gasteiger partial charge < -0.3 is 35.9 Å². The van der Waals surface area contributed by atoms with Gasteiger partial charge in [0.1, 0.15) is 17.9 Å². The summed E-state index contributed by atoms with van der Waals surface area (Å²) in [7, 11) is 5.69. The average molecular weight is 583 g/mol. The highest BCUT2D eigenvalue weighted by molar-refractivity contribution is 6.02. The van der Waals surface area contributed by atoms with Crippen LogP contribution in [-0.4, -0.2) is 74.4 Å². The normalized spacial score (nSPS) is 16.4. The molecule has 0 spiro atoms. The van der Waals surface area contributed by atoms with Crippen LogP contribution in [0.1, 0.15) is 31.2 Å². The van der Waals surface area contributed by atoms with Crippen molar-refractivity contribution in [2.24, 2.45) is 11.8 Å². The number of likely N-dealkylation sites (tertiary alicyclic amines) is 1. The Bertz CT molecular complexity index is 1460. The number of hydrogen-bond acceptors (Lipinski definition) is 9. The molecule has 10 heteroatoms. The van der Waals surface area contributed by atoms with Gasteiger partial charge in [-0.25, -0.2) is 9.97 Å².